The molecule has 2 heteroatoms. The molecule has 0 aromatic carbocycles. The van der Waals surface area contributed by atoms with Gasteiger partial charge >= 0.3 is 0 Å². The monoisotopic (exact) mass is 182 g/mol. The van der Waals surface area contributed by atoms with Crippen LogP contribution in [0.2, 0.25) is 0 Å². The van der Waals surface area contributed by atoms with Gasteiger partial charge < -0.3 is 5.32 Å². The first-order valence-electron chi connectivity index (χ1n) is 5.77. The summed E-state index contributed by atoms with van der Waals surface area (Å²) < 4.78 is 0. The lowest BCUT2D eigenvalue weighted by Crippen LogP contribution is -2.54. The van der Waals surface area contributed by atoms with E-state index in [2.05, 4.69) is 24.1 Å². The minimum atomic E-state index is 0.803. The van der Waals surface area contributed by atoms with Crippen molar-refractivity contribution in [2.45, 2.75) is 45.2 Å². The average Bonchev–Trinajstić information content (AvgIpc) is 2.84. The molecule has 2 fully saturated rings. The molecule has 13 heavy (non-hydrogen) atoms. The van der Waals surface area contributed by atoms with Crippen LogP contribution in [-0.4, -0.2) is 36.6 Å². The Labute approximate surface area is 81.7 Å². The van der Waals surface area contributed by atoms with E-state index >= 15 is 0 Å². The van der Waals surface area contributed by atoms with E-state index in [0.717, 1.165) is 18.0 Å². The molecular formula is C11H22N2. The molecule has 1 aliphatic carbocycles. The molecule has 0 spiro atoms. The van der Waals surface area contributed by atoms with Crippen molar-refractivity contribution in [2.75, 3.05) is 19.6 Å². The molecule has 0 radical (unpaired) electrons. The van der Waals surface area contributed by atoms with Crippen molar-refractivity contribution in [3.63, 3.8) is 0 Å². The maximum absolute atomic E-state index is 3.61. The summed E-state index contributed by atoms with van der Waals surface area (Å²) in [5.74, 6) is 0.939. The van der Waals surface area contributed by atoms with Crippen LogP contribution >= 0.6 is 0 Å². The molecule has 2 aliphatic rings. The second-order valence-corrected chi connectivity index (χ2v) is 4.76. The third-order valence-electron chi connectivity index (χ3n) is 3.47. The van der Waals surface area contributed by atoms with Crippen LogP contribution in [0.15, 0.2) is 0 Å². The van der Waals surface area contributed by atoms with Crippen LogP contribution in [0.3, 0.4) is 0 Å². The lowest BCUT2D eigenvalue weighted by atomic mass is 9.97. The first-order valence-corrected chi connectivity index (χ1v) is 5.77. The number of hydrogen-bond acceptors (Lipinski definition) is 2. The molecule has 1 saturated carbocycles. The standard InChI is InChI=1S/C11H22N2/c1-3-9(2)13-7-10(8-13)6-12-11-4-5-11/h9-12H,3-8H2,1-2H3. The Balaban J connectivity index is 1.55. The van der Waals surface area contributed by atoms with Gasteiger partial charge in [-0.05, 0) is 32.1 Å². The fourth-order valence-corrected chi connectivity index (χ4v) is 1.98. The Morgan fingerprint density at radius 2 is 2.08 bits per heavy atom. The molecule has 2 nitrogen and oxygen atoms in total. The zero-order valence-electron chi connectivity index (χ0n) is 8.92. The highest BCUT2D eigenvalue weighted by molar-refractivity contribution is 4.88. The first kappa shape index (κ1) is 9.47. The van der Waals surface area contributed by atoms with Crippen molar-refractivity contribution in [1.29, 1.82) is 0 Å². The molecule has 1 N–H and O–H groups in total. The largest absolute Gasteiger partial charge is 0.314 e. The second-order valence-electron chi connectivity index (χ2n) is 4.76. The fourth-order valence-electron chi connectivity index (χ4n) is 1.98. The third-order valence-corrected chi connectivity index (χ3v) is 3.47. The van der Waals surface area contributed by atoms with Crippen LogP contribution in [0.25, 0.3) is 0 Å². The quantitative estimate of drug-likeness (QED) is 0.692. The molecule has 2 rings (SSSR count). The second kappa shape index (κ2) is 3.97. The van der Waals surface area contributed by atoms with Crippen LogP contribution in [0.5, 0.6) is 0 Å². The summed E-state index contributed by atoms with van der Waals surface area (Å²) in [6, 6.07) is 1.69. The SMILES string of the molecule is CCC(C)N1CC(CNC2CC2)C1. The number of rotatable bonds is 5. The number of likely N-dealkylation sites (tertiary alicyclic amines) is 1. The van der Waals surface area contributed by atoms with E-state index < -0.39 is 0 Å². The Kier molecular flexibility index (Phi) is 2.89. The Bertz CT molecular complexity index is 159. The highest BCUT2D eigenvalue weighted by Crippen LogP contribution is 2.22. The summed E-state index contributed by atoms with van der Waals surface area (Å²) in [7, 11) is 0. The molecule has 1 atom stereocenters. The van der Waals surface area contributed by atoms with E-state index in [1.165, 1.54) is 38.9 Å². The van der Waals surface area contributed by atoms with E-state index in [0.29, 0.717) is 0 Å². The van der Waals surface area contributed by atoms with Gasteiger partial charge in [0.25, 0.3) is 0 Å². The van der Waals surface area contributed by atoms with Gasteiger partial charge in [0.15, 0.2) is 0 Å². The number of nitrogens with zero attached hydrogens (tertiary/aromatic N) is 1. The molecule has 1 heterocycles. The predicted molar refractivity (Wildman–Crippen MR) is 55.8 cm³/mol. The molecule has 76 valence electrons. The minimum absolute atomic E-state index is 0.803. The van der Waals surface area contributed by atoms with E-state index in [9.17, 15) is 0 Å². The van der Waals surface area contributed by atoms with Gasteiger partial charge in [-0.3, -0.25) is 4.90 Å². The van der Waals surface area contributed by atoms with Crippen molar-refractivity contribution in [3.8, 4) is 0 Å². The predicted octanol–water partition coefficient (Wildman–Crippen LogP) is 1.47. The van der Waals surface area contributed by atoms with Crippen molar-refractivity contribution in [1.82, 2.24) is 10.2 Å². The molecule has 0 bridgehead atoms. The Morgan fingerprint density at radius 3 is 2.62 bits per heavy atom. The Hall–Kier alpha value is -0.0800. The summed E-state index contributed by atoms with van der Waals surface area (Å²) in [5.41, 5.74) is 0. The zero-order chi connectivity index (χ0) is 9.26. The van der Waals surface area contributed by atoms with Crippen LogP contribution in [0.1, 0.15) is 33.1 Å². The van der Waals surface area contributed by atoms with Gasteiger partial charge in [-0.2, -0.15) is 0 Å². The smallest absolute Gasteiger partial charge is 0.00683 e. The number of nitrogens with one attached hydrogen (secondary N) is 1. The van der Waals surface area contributed by atoms with Gasteiger partial charge in [-0.15, -0.1) is 0 Å². The van der Waals surface area contributed by atoms with Gasteiger partial charge in [0.2, 0.25) is 0 Å². The van der Waals surface area contributed by atoms with E-state index in [1.54, 1.807) is 0 Å². The maximum Gasteiger partial charge on any atom is 0.00683 e. The fraction of sp³-hybridized carbons (Fsp3) is 1.00. The maximum atomic E-state index is 3.61. The van der Waals surface area contributed by atoms with Gasteiger partial charge in [0, 0.05) is 31.7 Å². The lowest BCUT2D eigenvalue weighted by Gasteiger charge is -2.43. The average molecular weight is 182 g/mol. The summed E-state index contributed by atoms with van der Waals surface area (Å²) in [5, 5.41) is 3.61. The van der Waals surface area contributed by atoms with E-state index in [4.69, 9.17) is 0 Å². The third kappa shape index (κ3) is 2.44. The van der Waals surface area contributed by atoms with Crippen LogP contribution in [0.4, 0.5) is 0 Å². The van der Waals surface area contributed by atoms with E-state index in [1.807, 2.05) is 0 Å². The Morgan fingerprint density at radius 1 is 1.38 bits per heavy atom. The topological polar surface area (TPSA) is 15.3 Å². The summed E-state index contributed by atoms with van der Waals surface area (Å²) in [4.78, 5) is 2.60. The van der Waals surface area contributed by atoms with Crippen LogP contribution in [-0.2, 0) is 0 Å². The van der Waals surface area contributed by atoms with Crippen LogP contribution in [0, 0.1) is 5.92 Å². The zero-order valence-corrected chi connectivity index (χ0v) is 8.92. The highest BCUT2D eigenvalue weighted by Gasteiger charge is 2.30. The van der Waals surface area contributed by atoms with Crippen molar-refractivity contribution < 1.29 is 0 Å². The first-order chi connectivity index (χ1) is 6.29. The highest BCUT2D eigenvalue weighted by atomic mass is 15.2. The lowest BCUT2D eigenvalue weighted by molar-refractivity contribution is 0.0583. The molecule has 1 aliphatic heterocycles. The molecular weight excluding hydrogens is 160 g/mol. The molecule has 1 saturated heterocycles. The van der Waals surface area contributed by atoms with Gasteiger partial charge in [0.1, 0.15) is 0 Å². The normalized spacial score (nSPS) is 27.2. The van der Waals surface area contributed by atoms with Gasteiger partial charge in [-0.1, -0.05) is 6.92 Å². The van der Waals surface area contributed by atoms with Crippen molar-refractivity contribution in [2.24, 2.45) is 5.92 Å². The summed E-state index contributed by atoms with van der Waals surface area (Å²) in [6.07, 6.45) is 4.13. The van der Waals surface area contributed by atoms with E-state index in [-0.39, 0.29) is 0 Å². The summed E-state index contributed by atoms with van der Waals surface area (Å²) in [6.45, 7) is 8.53. The van der Waals surface area contributed by atoms with Crippen molar-refractivity contribution >= 4 is 0 Å². The van der Waals surface area contributed by atoms with Gasteiger partial charge in [-0.25, -0.2) is 0 Å². The molecule has 0 aromatic rings. The van der Waals surface area contributed by atoms with Crippen molar-refractivity contribution in [3.05, 3.63) is 0 Å². The molecule has 1 unspecified atom stereocenters. The molecule has 0 amide bonds. The summed E-state index contributed by atoms with van der Waals surface area (Å²) >= 11 is 0. The molecule has 0 aromatic heterocycles. The van der Waals surface area contributed by atoms with Crippen LogP contribution < -0.4 is 5.32 Å². The number of hydrogen-bond donors (Lipinski definition) is 1. The van der Waals surface area contributed by atoms with Gasteiger partial charge in [0.05, 0.1) is 0 Å². The minimum Gasteiger partial charge on any atom is -0.314 e.